The Bertz CT molecular complexity index is 474. The van der Waals surface area contributed by atoms with E-state index in [0.717, 1.165) is 17.7 Å². The van der Waals surface area contributed by atoms with E-state index in [1.807, 2.05) is 26.0 Å². The monoisotopic (exact) mass is 304 g/mol. The van der Waals surface area contributed by atoms with Gasteiger partial charge in [0.2, 0.25) is 0 Å². The summed E-state index contributed by atoms with van der Waals surface area (Å²) in [6.45, 7) is 4.50. The summed E-state index contributed by atoms with van der Waals surface area (Å²) in [5.74, 6) is 0.488. The average Bonchev–Trinajstić information content (AvgIpc) is 2.90. The predicted octanol–water partition coefficient (Wildman–Crippen LogP) is 3.61. The standard InChI is InChI=1S/C15H21F3N2O.H2/c1-10(2)13-4-3-12(11-5-6-21-8-11)14(20-13)7-19-9-15(16,17)18;/h3-4,10-11,19H,5-9H2,1-2H3;1H. The molecule has 3 nitrogen and oxygen atoms in total. The zero-order valence-electron chi connectivity index (χ0n) is 12.3. The molecule has 1 aromatic rings. The predicted molar refractivity (Wildman–Crippen MR) is 76.4 cm³/mol. The maximum Gasteiger partial charge on any atom is 0.401 e. The Balaban J connectivity index is 0.00000242. The maximum atomic E-state index is 12.3. The Hall–Kier alpha value is -1.14. The zero-order valence-corrected chi connectivity index (χ0v) is 12.3. The Morgan fingerprint density at radius 1 is 1.43 bits per heavy atom. The van der Waals surface area contributed by atoms with Gasteiger partial charge in [0.05, 0.1) is 18.8 Å². The van der Waals surface area contributed by atoms with Crippen molar-refractivity contribution in [3.63, 3.8) is 0 Å². The number of alkyl halides is 3. The third-order valence-electron chi connectivity index (χ3n) is 3.61. The van der Waals surface area contributed by atoms with Crippen LogP contribution in [0.5, 0.6) is 0 Å². The lowest BCUT2D eigenvalue weighted by atomic mass is 9.95. The van der Waals surface area contributed by atoms with Crippen LogP contribution in [0.3, 0.4) is 0 Å². The molecule has 1 unspecified atom stereocenters. The quantitative estimate of drug-likeness (QED) is 0.902. The van der Waals surface area contributed by atoms with Crippen molar-refractivity contribution in [3.8, 4) is 0 Å². The van der Waals surface area contributed by atoms with Gasteiger partial charge in [0.15, 0.2) is 0 Å². The van der Waals surface area contributed by atoms with E-state index in [1.54, 1.807) is 0 Å². The van der Waals surface area contributed by atoms with Gasteiger partial charge in [-0.3, -0.25) is 4.98 Å². The zero-order chi connectivity index (χ0) is 15.5. The summed E-state index contributed by atoms with van der Waals surface area (Å²) in [4.78, 5) is 4.55. The summed E-state index contributed by atoms with van der Waals surface area (Å²) < 4.78 is 42.2. The molecule has 0 amide bonds. The molecule has 1 aliphatic rings. The molecule has 1 N–H and O–H groups in total. The largest absolute Gasteiger partial charge is 0.401 e. The summed E-state index contributed by atoms with van der Waals surface area (Å²) in [6.07, 6.45) is -3.30. The number of nitrogens with one attached hydrogen (secondary N) is 1. The van der Waals surface area contributed by atoms with Crippen LogP contribution in [-0.2, 0) is 11.3 Å². The van der Waals surface area contributed by atoms with Crippen LogP contribution in [0.25, 0.3) is 0 Å². The van der Waals surface area contributed by atoms with Gasteiger partial charge in [-0.2, -0.15) is 13.2 Å². The molecule has 2 heterocycles. The van der Waals surface area contributed by atoms with Crippen molar-refractivity contribution >= 4 is 0 Å². The molecule has 2 rings (SSSR count). The minimum atomic E-state index is -4.20. The Kier molecular flexibility index (Phi) is 5.22. The molecule has 0 saturated carbocycles. The molecule has 1 saturated heterocycles. The van der Waals surface area contributed by atoms with E-state index < -0.39 is 12.7 Å². The van der Waals surface area contributed by atoms with Crippen molar-refractivity contribution in [2.24, 2.45) is 0 Å². The number of hydrogen-bond acceptors (Lipinski definition) is 3. The first-order valence-electron chi connectivity index (χ1n) is 7.21. The molecule has 1 aliphatic heterocycles. The van der Waals surface area contributed by atoms with Crippen molar-refractivity contribution < 1.29 is 19.3 Å². The van der Waals surface area contributed by atoms with Gasteiger partial charge >= 0.3 is 6.18 Å². The van der Waals surface area contributed by atoms with Crippen LogP contribution < -0.4 is 5.32 Å². The Labute approximate surface area is 124 Å². The van der Waals surface area contributed by atoms with Gasteiger partial charge in [0, 0.05) is 26.2 Å². The summed E-state index contributed by atoms with van der Waals surface area (Å²) in [5, 5.41) is 2.44. The third kappa shape index (κ3) is 4.68. The van der Waals surface area contributed by atoms with Crippen molar-refractivity contribution in [1.29, 1.82) is 0 Å². The molecule has 0 aliphatic carbocycles. The highest BCUT2D eigenvalue weighted by atomic mass is 19.4. The molecule has 0 aromatic carbocycles. The van der Waals surface area contributed by atoms with Crippen LogP contribution in [0.2, 0.25) is 0 Å². The van der Waals surface area contributed by atoms with Gasteiger partial charge in [0.1, 0.15) is 0 Å². The average molecular weight is 304 g/mol. The topological polar surface area (TPSA) is 34.1 Å². The molecule has 120 valence electrons. The number of rotatable bonds is 5. The molecular formula is C15H23F3N2O. The number of pyridine rings is 1. The fourth-order valence-electron chi connectivity index (χ4n) is 2.47. The van der Waals surface area contributed by atoms with Gasteiger partial charge < -0.3 is 10.1 Å². The van der Waals surface area contributed by atoms with Crippen LogP contribution in [0.1, 0.15) is 50.5 Å². The van der Waals surface area contributed by atoms with E-state index in [1.165, 1.54) is 0 Å². The Morgan fingerprint density at radius 3 is 2.76 bits per heavy atom. The molecule has 0 radical (unpaired) electrons. The highest BCUT2D eigenvalue weighted by Crippen LogP contribution is 2.28. The van der Waals surface area contributed by atoms with Gasteiger partial charge in [0.25, 0.3) is 0 Å². The van der Waals surface area contributed by atoms with Gasteiger partial charge in [-0.25, -0.2) is 0 Å². The molecular weight excluding hydrogens is 281 g/mol. The molecule has 21 heavy (non-hydrogen) atoms. The lowest BCUT2D eigenvalue weighted by Gasteiger charge is -2.17. The van der Waals surface area contributed by atoms with Crippen LogP contribution >= 0.6 is 0 Å². The Morgan fingerprint density at radius 2 is 2.19 bits per heavy atom. The second-order valence-corrected chi connectivity index (χ2v) is 5.71. The number of ether oxygens (including phenoxy) is 1. The van der Waals surface area contributed by atoms with Gasteiger partial charge in [-0.1, -0.05) is 19.9 Å². The van der Waals surface area contributed by atoms with Crippen molar-refractivity contribution in [3.05, 3.63) is 29.1 Å². The first kappa shape index (κ1) is 16.2. The molecule has 1 fully saturated rings. The lowest BCUT2D eigenvalue weighted by Crippen LogP contribution is -2.29. The number of nitrogens with zero attached hydrogens (tertiary/aromatic N) is 1. The summed E-state index contributed by atoms with van der Waals surface area (Å²) in [7, 11) is 0. The molecule has 1 atom stereocenters. The van der Waals surface area contributed by atoms with Crippen LogP contribution in [0.4, 0.5) is 13.2 Å². The first-order valence-corrected chi connectivity index (χ1v) is 7.21. The number of halogens is 3. The summed E-state index contributed by atoms with van der Waals surface area (Å²) in [6, 6.07) is 3.96. The highest BCUT2D eigenvalue weighted by Gasteiger charge is 2.27. The second kappa shape index (κ2) is 6.75. The lowest BCUT2D eigenvalue weighted by molar-refractivity contribution is -0.125. The van der Waals surface area contributed by atoms with E-state index in [9.17, 15) is 13.2 Å². The molecule has 0 bridgehead atoms. The number of aromatic nitrogens is 1. The summed E-state index contributed by atoms with van der Waals surface area (Å²) in [5.41, 5.74) is 2.62. The maximum absolute atomic E-state index is 12.3. The van der Waals surface area contributed by atoms with Crippen molar-refractivity contribution in [2.45, 2.75) is 44.8 Å². The van der Waals surface area contributed by atoms with Crippen molar-refractivity contribution in [1.82, 2.24) is 10.3 Å². The van der Waals surface area contributed by atoms with E-state index in [-0.39, 0.29) is 19.8 Å². The third-order valence-corrected chi connectivity index (χ3v) is 3.61. The fourth-order valence-corrected chi connectivity index (χ4v) is 2.47. The van der Waals surface area contributed by atoms with Crippen LogP contribution in [0.15, 0.2) is 12.1 Å². The highest BCUT2D eigenvalue weighted by molar-refractivity contribution is 5.28. The second-order valence-electron chi connectivity index (χ2n) is 5.71. The smallest absolute Gasteiger partial charge is 0.381 e. The van der Waals surface area contributed by atoms with E-state index in [0.29, 0.717) is 18.9 Å². The van der Waals surface area contributed by atoms with Gasteiger partial charge in [-0.05, 0) is 24.0 Å². The van der Waals surface area contributed by atoms with Crippen LogP contribution in [-0.4, -0.2) is 30.9 Å². The van der Waals surface area contributed by atoms with Crippen LogP contribution in [0, 0.1) is 0 Å². The molecule has 6 heteroatoms. The number of hydrogen-bond donors (Lipinski definition) is 1. The fraction of sp³-hybridized carbons (Fsp3) is 0.667. The summed E-state index contributed by atoms with van der Waals surface area (Å²) >= 11 is 0. The van der Waals surface area contributed by atoms with E-state index in [4.69, 9.17) is 4.74 Å². The van der Waals surface area contributed by atoms with Crippen molar-refractivity contribution in [2.75, 3.05) is 19.8 Å². The molecule has 1 aromatic heterocycles. The van der Waals surface area contributed by atoms with Gasteiger partial charge in [-0.15, -0.1) is 0 Å². The minimum absolute atomic E-state index is 0. The van der Waals surface area contributed by atoms with E-state index >= 15 is 0 Å². The first-order chi connectivity index (χ1) is 9.87. The SMILES string of the molecule is CC(C)c1ccc(C2CCOC2)c(CNCC(F)(F)F)n1.[HH]. The van der Waals surface area contributed by atoms with E-state index in [2.05, 4.69) is 10.3 Å². The molecule has 0 spiro atoms. The normalized spacial score (nSPS) is 19.4. The minimum Gasteiger partial charge on any atom is -0.381 e.